The summed E-state index contributed by atoms with van der Waals surface area (Å²) in [5.74, 6) is 0.00153. The van der Waals surface area contributed by atoms with E-state index in [1.807, 2.05) is 36.2 Å². The summed E-state index contributed by atoms with van der Waals surface area (Å²) in [6.07, 6.45) is 1.46. The quantitative estimate of drug-likeness (QED) is 0.822. The number of hydrogen-bond donors (Lipinski definition) is 1. The molecule has 1 amide bonds. The molecule has 2 rings (SSSR count). The Bertz CT molecular complexity index is 464. The van der Waals surface area contributed by atoms with Crippen molar-refractivity contribution in [2.75, 3.05) is 43.7 Å². The highest BCUT2D eigenvalue weighted by Gasteiger charge is 2.27. The molecule has 1 heterocycles. The van der Waals surface area contributed by atoms with Crippen LogP contribution in [0.2, 0.25) is 0 Å². The maximum atomic E-state index is 12.5. The van der Waals surface area contributed by atoms with E-state index in [1.54, 1.807) is 7.11 Å². The molecule has 0 saturated heterocycles. The highest BCUT2D eigenvalue weighted by molar-refractivity contribution is 6.00. The summed E-state index contributed by atoms with van der Waals surface area (Å²) in [4.78, 5) is 16.5. The van der Waals surface area contributed by atoms with Gasteiger partial charge in [0.15, 0.2) is 0 Å². The van der Waals surface area contributed by atoms with Gasteiger partial charge in [-0.2, -0.15) is 0 Å². The van der Waals surface area contributed by atoms with Gasteiger partial charge in [0, 0.05) is 33.9 Å². The van der Waals surface area contributed by atoms with Crippen molar-refractivity contribution in [2.24, 2.45) is 5.73 Å². The fourth-order valence-corrected chi connectivity index (χ4v) is 2.51. The summed E-state index contributed by atoms with van der Waals surface area (Å²) in [5, 5.41) is 0. The number of anilines is 2. The first kappa shape index (κ1) is 14.8. The highest BCUT2D eigenvalue weighted by atomic mass is 16.5. The van der Waals surface area contributed by atoms with Crippen LogP contribution in [0.4, 0.5) is 11.4 Å². The number of amides is 1. The Kier molecular flexibility index (Phi) is 4.98. The van der Waals surface area contributed by atoms with Crippen LogP contribution >= 0.6 is 0 Å². The van der Waals surface area contributed by atoms with Crippen LogP contribution in [0, 0.1) is 0 Å². The third-order valence-electron chi connectivity index (χ3n) is 3.69. The molecular formula is C15H23N3O2. The fraction of sp³-hybridized carbons (Fsp3) is 0.533. The van der Waals surface area contributed by atoms with Crippen LogP contribution in [-0.2, 0) is 9.53 Å². The second-order valence-corrected chi connectivity index (χ2v) is 5.14. The van der Waals surface area contributed by atoms with Crippen molar-refractivity contribution >= 4 is 17.3 Å². The van der Waals surface area contributed by atoms with Gasteiger partial charge in [0.25, 0.3) is 0 Å². The summed E-state index contributed by atoms with van der Waals surface area (Å²) in [7, 11) is 3.70. The maximum absolute atomic E-state index is 12.5. The molecule has 0 saturated carbocycles. The summed E-state index contributed by atoms with van der Waals surface area (Å²) in [6, 6.07) is 7.49. The van der Waals surface area contributed by atoms with Gasteiger partial charge in [0.05, 0.1) is 17.4 Å². The monoisotopic (exact) mass is 277 g/mol. The normalized spacial score (nSPS) is 15.9. The van der Waals surface area contributed by atoms with E-state index in [1.165, 1.54) is 0 Å². The van der Waals surface area contributed by atoms with Gasteiger partial charge in [-0.3, -0.25) is 4.79 Å². The van der Waals surface area contributed by atoms with E-state index < -0.39 is 6.04 Å². The Morgan fingerprint density at radius 3 is 2.75 bits per heavy atom. The Labute approximate surface area is 120 Å². The van der Waals surface area contributed by atoms with Crippen LogP contribution < -0.4 is 15.5 Å². The number of ether oxygens (including phenoxy) is 1. The number of benzene rings is 1. The average molecular weight is 277 g/mol. The number of carbonyl (C=O) groups is 1. The van der Waals surface area contributed by atoms with E-state index in [0.717, 1.165) is 24.3 Å². The van der Waals surface area contributed by atoms with Crippen LogP contribution in [0.15, 0.2) is 24.3 Å². The molecule has 5 heteroatoms. The standard InChI is InChI=1S/C15H23N3O2/c1-17-9-10-18(14-8-4-3-7-13(14)17)15(19)12(16)6-5-11-20-2/h3-4,7-8,12H,5-6,9-11,16H2,1-2H3. The minimum absolute atomic E-state index is 0.00153. The zero-order valence-corrected chi connectivity index (χ0v) is 12.2. The largest absolute Gasteiger partial charge is 0.385 e. The van der Waals surface area contributed by atoms with Gasteiger partial charge in [-0.15, -0.1) is 0 Å². The molecule has 1 aliphatic heterocycles. The molecule has 2 N–H and O–H groups in total. The van der Waals surface area contributed by atoms with Crippen molar-refractivity contribution in [1.82, 2.24) is 0 Å². The molecule has 1 unspecified atom stereocenters. The maximum Gasteiger partial charge on any atom is 0.244 e. The third kappa shape index (κ3) is 3.11. The van der Waals surface area contributed by atoms with Crippen molar-refractivity contribution in [1.29, 1.82) is 0 Å². The first-order valence-corrected chi connectivity index (χ1v) is 7.01. The van der Waals surface area contributed by atoms with Crippen LogP contribution in [0.5, 0.6) is 0 Å². The zero-order valence-electron chi connectivity index (χ0n) is 12.2. The molecule has 1 aliphatic rings. The fourth-order valence-electron chi connectivity index (χ4n) is 2.51. The van der Waals surface area contributed by atoms with E-state index >= 15 is 0 Å². The van der Waals surface area contributed by atoms with Gasteiger partial charge >= 0.3 is 0 Å². The van der Waals surface area contributed by atoms with E-state index in [9.17, 15) is 4.79 Å². The number of nitrogens with two attached hydrogens (primary N) is 1. The minimum Gasteiger partial charge on any atom is -0.385 e. The number of fused-ring (bicyclic) bond motifs is 1. The lowest BCUT2D eigenvalue weighted by Crippen LogP contribution is -2.49. The molecule has 0 aliphatic carbocycles. The molecule has 5 nitrogen and oxygen atoms in total. The summed E-state index contributed by atoms with van der Waals surface area (Å²) >= 11 is 0. The number of hydrogen-bond acceptors (Lipinski definition) is 4. The SMILES string of the molecule is COCCCC(N)C(=O)N1CCN(C)c2ccccc21. The molecule has 110 valence electrons. The molecule has 0 bridgehead atoms. The lowest BCUT2D eigenvalue weighted by molar-refractivity contribution is -0.120. The number of likely N-dealkylation sites (N-methyl/N-ethyl adjacent to an activating group) is 1. The van der Waals surface area contributed by atoms with Crippen molar-refractivity contribution in [3.63, 3.8) is 0 Å². The number of carbonyl (C=O) groups excluding carboxylic acids is 1. The minimum atomic E-state index is -0.457. The van der Waals surface area contributed by atoms with Crippen LogP contribution in [0.3, 0.4) is 0 Å². The van der Waals surface area contributed by atoms with Gasteiger partial charge in [-0.05, 0) is 25.0 Å². The highest BCUT2D eigenvalue weighted by Crippen LogP contribution is 2.32. The second kappa shape index (κ2) is 6.72. The van der Waals surface area contributed by atoms with Gasteiger partial charge < -0.3 is 20.3 Å². The number of nitrogens with zero attached hydrogens (tertiary/aromatic N) is 2. The average Bonchev–Trinajstić information content (AvgIpc) is 2.47. The van der Waals surface area contributed by atoms with Crippen LogP contribution in [0.1, 0.15) is 12.8 Å². The van der Waals surface area contributed by atoms with Gasteiger partial charge in [0.2, 0.25) is 5.91 Å². The Hall–Kier alpha value is -1.59. The van der Waals surface area contributed by atoms with Gasteiger partial charge in [-0.1, -0.05) is 12.1 Å². The van der Waals surface area contributed by atoms with E-state index in [4.69, 9.17) is 10.5 Å². The molecule has 1 aromatic rings. The first-order valence-electron chi connectivity index (χ1n) is 7.01. The number of para-hydroxylation sites is 2. The number of methoxy groups -OCH3 is 1. The lowest BCUT2D eigenvalue weighted by atomic mass is 10.1. The third-order valence-corrected chi connectivity index (χ3v) is 3.69. The Balaban J connectivity index is 2.09. The van der Waals surface area contributed by atoms with E-state index in [0.29, 0.717) is 19.6 Å². The first-order chi connectivity index (χ1) is 9.65. The molecule has 1 aromatic carbocycles. The predicted molar refractivity (Wildman–Crippen MR) is 81.2 cm³/mol. The van der Waals surface area contributed by atoms with E-state index in [-0.39, 0.29) is 5.91 Å². The molecule has 0 radical (unpaired) electrons. The molecular weight excluding hydrogens is 254 g/mol. The number of rotatable bonds is 5. The predicted octanol–water partition coefficient (Wildman–Crippen LogP) is 1.22. The van der Waals surface area contributed by atoms with Gasteiger partial charge in [0.1, 0.15) is 0 Å². The van der Waals surface area contributed by atoms with Crippen LogP contribution in [-0.4, -0.2) is 45.8 Å². The topological polar surface area (TPSA) is 58.8 Å². The summed E-state index contributed by atoms with van der Waals surface area (Å²) in [5.41, 5.74) is 8.05. The smallest absolute Gasteiger partial charge is 0.244 e. The molecule has 0 fully saturated rings. The Morgan fingerprint density at radius 2 is 2.05 bits per heavy atom. The van der Waals surface area contributed by atoms with Crippen molar-refractivity contribution in [3.8, 4) is 0 Å². The zero-order chi connectivity index (χ0) is 14.5. The van der Waals surface area contributed by atoms with Crippen LogP contribution in [0.25, 0.3) is 0 Å². The molecule has 1 atom stereocenters. The molecule has 20 heavy (non-hydrogen) atoms. The van der Waals surface area contributed by atoms with Gasteiger partial charge in [-0.25, -0.2) is 0 Å². The molecule has 0 spiro atoms. The van der Waals surface area contributed by atoms with Crippen molar-refractivity contribution in [3.05, 3.63) is 24.3 Å². The summed E-state index contributed by atoms with van der Waals surface area (Å²) in [6.45, 7) is 2.15. The summed E-state index contributed by atoms with van der Waals surface area (Å²) < 4.78 is 5.00. The Morgan fingerprint density at radius 1 is 1.35 bits per heavy atom. The lowest BCUT2D eigenvalue weighted by Gasteiger charge is -2.36. The molecule has 0 aromatic heterocycles. The second-order valence-electron chi connectivity index (χ2n) is 5.14. The van der Waals surface area contributed by atoms with E-state index in [2.05, 4.69) is 4.90 Å². The van der Waals surface area contributed by atoms with Crippen molar-refractivity contribution < 1.29 is 9.53 Å². The van der Waals surface area contributed by atoms with Crippen molar-refractivity contribution in [2.45, 2.75) is 18.9 Å².